The molecule has 0 radical (unpaired) electrons. The Hall–Kier alpha value is -0.920. The third-order valence-corrected chi connectivity index (χ3v) is 6.15. The number of hydrogen-bond acceptors (Lipinski definition) is 3. The summed E-state index contributed by atoms with van der Waals surface area (Å²) in [5.74, 6) is -0.232. The van der Waals surface area contributed by atoms with E-state index in [0.29, 0.717) is 10.0 Å². The van der Waals surface area contributed by atoms with Gasteiger partial charge >= 0.3 is 0 Å². The minimum absolute atomic E-state index is 0.118. The molecular weight excluding hydrogens is 356 g/mol. The van der Waals surface area contributed by atoms with Crippen LogP contribution >= 0.6 is 15.9 Å². The number of amides is 1. The highest BCUT2D eigenvalue weighted by atomic mass is 79.9. The Morgan fingerprint density at radius 1 is 1.29 bits per heavy atom. The van der Waals surface area contributed by atoms with Gasteiger partial charge in [0.2, 0.25) is 10.0 Å². The van der Waals surface area contributed by atoms with Gasteiger partial charge in [0.25, 0.3) is 5.91 Å². The van der Waals surface area contributed by atoms with Crippen LogP contribution in [0.3, 0.4) is 0 Å². The van der Waals surface area contributed by atoms with Gasteiger partial charge in [-0.15, -0.1) is 0 Å². The normalized spacial score (nSPS) is 16.4. The summed E-state index contributed by atoms with van der Waals surface area (Å²) in [5.41, 5.74) is 0.352. The van der Waals surface area contributed by atoms with Gasteiger partial charge in [-0.1, -0.05) is 12.8 Å². The van der Waals surface area contributed by atoms with Gasteiger partial charge in [-0.2, -0.15) is 0 Å². The third kappa shape index (κ3) is 3.64. The van der Waals surface area contributed by atoms with E-state index in [0.717, 1.165) is 30.0 Å². The molecule has 0 aromatic heterocycles. The van der Waals surface area contributed by atoms with E-state index < -0.39 is 10.0 Å². The number of benzene rings is 1. The number of carbonyl (C=O) groups excluding carboxylic acids is 1. The summed E-state index contributed by atoms with van der Waals surface area (Å²) in [4.78, 5) is 12.4. The summed E-state index contributed by atoms with van der Waals surface area (Å²) < 4.78 is 26.0. The van der Waals surface area contributed by atoms with E-state index in [2.05, 4.69) is 21.2 Å². The monoisotopic (exact) mass is 374 g/mol. The molecule has 1 fully saturated rings. The lowest BCUT2D eigenvalue weighted by Crippen LogP contribution is -2.33. The second kappa shape index (κ2) is 6.46. The highest BCUT2D eigenvalue weighted by molar-refractivity contribution is 9.10. The van der Waals surface area contributed by atoms with Crippen molar-refractivity contribution in [2.24, 2.45) is 0 Å². The van der Waals surface area contributed by atoms with Crippen LogP contribution < -0.4 is 5.32 Å². The molecule has 1 aliphatic carbocycles. The van der Waals surface area contributed by atoms with Crippen LogP contribution in [0.5, 0.6) is 0 Å². The summed E-state index contributed by atoms with van der Waals surface area (Å²) >= 11 is 3.31. The van der Waals surface area contributed by atoms with Gasteiger partial charge in [0.1, 0.15) is 0 Å². The van der Waals surface area contributed by atoms with E-state index >= 15 is 0 Å². The minimum Gasteiger partial charge on any atom is -0.349 e. The van der Waals surface area contributed by atoms with Crippen LogP contribution in [-0.4, -0.2) is 38.8 Å². The van der Waals surface area contributed by atoms with Gasteiger partial charge in [0.05, 0.1) is 10.5 Å². The molecule has 0 aliphatic heterocycles. The Morgan fingerprint density at radius 2 is 1.90 bits per heavy atom. The first-order chi connectivity index (χ1) is 9.82. The van der Waals surface area contributed by atoms with Gasteiger partial charge in [-0.25, -0.2) is 12.7 Å². The summed E-state index contributed by atoms with van der Waals surface area (Å²) in [5, 5.41) is 2.97. The molecule has 1 aromatic carbocycles. The van der Waals surface area contributed by atoms with Gasteiger partial charge in [-0.05, 0) is 47.0 Å². The second-order valence-corrected chi connectivity index (χ2v) is 8.39. The Labute approximate surface area is 133 Å². The number of nitrogens with one attached hydrogen (secondary N) is 1. The maximum atomic E-state index is 12.3. The Bertz CT molecular complexity index is 638. The summed E-state index contributed by atoms with van der Waals surface area (Å²) in [6, 6.07) is 4.70. The molecule has 0 heterocycles. The SMILES string of the molecule is CN(C)S(=O)(=O)c1ccc(Br)c(C(=O)NC2CCCC2)c1. The molecule has 0 bridgehead atoms. The fourth-order valence-corrected chi connectivity index (χ4v) is 3.74. The second-order valence-electron chi connectivity index (χ2n) is 5.38. The Kier molecular flexibility index (Phi) is 5.06. The molecule has 0 spiro atoms. The molecule has 1 N–H and O–H groups in total. The zero-order valence-electron chi connectivity index (χ0n) is 12.1. The molecule has 21 heavy (non-hydrogen) atoms. The van der Waals surface area contributed by atoms with E-state index in [1.165, 1.54) is 26.2 Å². The lowest BCUT2D eigenvalue weighted by atomic mass is 10.2. The zero-order valence-corrected chi connectivity index (χ0v) is 14.5. The minimum atomic E-state index is -3.54. The van der Waals surface area contributed by atoms with Crippen LogP contribution in [0.1, 0.15) is 36.0 Å². The van der Waals surface area contributed by atoms with E-state index in [-0.39, 0.29) is 16.8 Å². The predicted molar refractivity (Wildman–Crippen MR) is 84.7 cm³/mol. The van der Waals surface area contributed by atoms with Crippen molar-refractivity contribution in [2.45, 2.75) is 36.6 Å². The van der Waals surface area contributed by atoms with Crippen molar-refractivity contribution in [1.29, 1.82) is 0 Å². The highest BCUT2D eigenvalue weighted by Crippen LogP contribution is 2.24. The molecule has 5 nitrogen and oxygen atoms in total. The van der Waals surface area contributed by atoms with Gasteiger partial charge in [0.15, 0.2) is 0 Å². The summed E-state index contributed by atoms with van der Waals surface area (Å²) in [7, 11) is -0.609. The molecular formula is C14H19BrN2O3S. The van der Waals surface area contributed by atoms with Gasteiger partial charge < -0.3 is 5.32 Å². The molecule has 7 heteroatoms. The van der Waals surface area contributed by atoms with Crippen molar-refractivity contribution < 1.29 is 13.2 Å². The molecule has 1 aliphatic rings. The molecule has 2 rings (SSSR count). The first-order valence-corrected chi connectivity index (χ1v) is 9.08. The molecule has 116 valence electrons. The molecule has 1 aromatic rings. The van der Waals surface area contributed by atoms with Crippen LogP contribution in [0.15, 0.2) is 27.6 Å². The average molecular weight is 375 g/mol. The van der Waals surface area contributed by atoms with Crippen LogP contribution in [0.4, 0.5) is 0 Å². The fourth-order valence-electron chi connectivity index (χ4n) is 2.38. The van der Waals surface area contributed by atoms with E-state index in [1.54, 1.807) is 6.07 Å². The van der Waals surface area contributed by atoms with Crippen molar-refractivity contribution in [1.82, 2.24) is 9.62 Å². The first-order valence-electron chi connectivity index (χ1n) is 6.85. The van der Waals surface area contributed by atoms with Crippen molar-refractivity contribution in [3.8, 4) is 0 Å². The summed E-state index contributed by atoms with van der Waals surface area (Å²) in [6.45, 7) is 0. The fraction of sp³-hybridized carbons (Fsp3) is 0.500. The van der Waals surface area contributed by atoms with Crippen LogP contribution in [-0.2, 0) is 10.0 Å². The van der Waals surface area contributed by atoms with Crippen molar-refractivity contribution in [3.05, 3.63) is 28.2 Å². The van der Waals surface area contributed by atoms with Crippen molar-refractivity contribution in [2.75, 3.05) is 14.1 Å². The number of rotatable bonds is 4. The maximum absolute atomic E-state index is 12.3. The molecule has 1 amide bonds. The molecule has 0 unspecified atom stereocenters. The van der Waals surface area contributed by atoms with Crippen molar-refractivity contribution in [3.63, 3.8) is 0 Å². The lowest BCUT2D eigenvalue weighted by molar-refractivity contribution is 0.0937. The van der Waals surface area contributed by atoms with Gasteiger partial charge in [0, 0.05) is 24.6 Å². The van der Waals surface area contributed by atoms with Crippen molar-refractivity contribution >= 4 is 31.9 Å². The number of hydrogen-bond donors (Lipinski definition) is 1. The predicted octanol–water partition coefficient (Wildman–Crippen LogP) is 2.37. The zero-order chi connectivity index (χ0) is 15.6. The Balaban J connectivity index is 2.29. The van der Waals surface area contributed by atoms with Gasteiger partial charge in [-0.3, -0.25) is 4.79 Å². The van der Waals surface area contributed by atoms with Crippen LogP contribution in [0, 0.1) is 0 Å². The van der Waals surface area contributed by atoms with E-state index in [9.17, 15) is 13.2 Å². The topological polar surface area (TPSA) is 66.5 Å². The largest absolute Gasteiger partial charge is 0.349 e. The third-order valence-electron chi connectivity index (χ3n) is 3.65. The number of carbonyl (C=O) groups is 1. The Morgan fingerprint density at radius 3 is 2.48 bits per heavy atom. The molecule has 1 saturated carbocycles. The van der Waals surface area contributed by atoms with E-state index in [1.807, 2.05) is 0 Å². The van der Waals surface area contributed by atoms with Crippen LogP contribution in [0.2, 0.25) is 0 Å². The standard InChI is InChI=1S/C14H19BrN2O3S/c1-17(2)21(19,20)11-7-8-13(15)12(9-11)14(18)16-10-5-3-4-6-10/h7-10H,3-6H2,1-2H3,(H,16,18). The smallest absolute Gasteiger partial charge is 0.252 e. The number of sulfonamides is 1. The average Bonchev–Trinajstić information content (AvgIpc) is 2.91. The van der Waals surface area contributed by atoms with Crippen LogP contribution in [0.25, 0.3) is 0 Å². The number of halogens is 1. The highest BCUT2D eigenvalue weighted by Gasteiger charge is 2.23. The maximum Gasteiger partial charge on any atom is 0.252 e. The molecule has 0 atom stereocenters. The lowest BCUT2D eigenvalue weighted by Gasteiger charge is -2.15. The quantitative estimate of drug-likeness (QED) is 0.879. The number of nitrogens with zero attached hydrogens (tertiary/aromatic N) is 1. The summed E-state index contributed by atoms with van der Waals surface area (Å²) in [6.07, 6.45) is 4.22. The molecule has 0 saturated heterocycles. The first kappa shape index (κ1) is 16.5. The van der Waals surface area contributed by atoms with E-state index in [4.69, 9.17) is 0 Å².